The van der Waals surface area contributed by atoms with Crippen LogP contribution in [0.4, 0.5) is 4.39 Å². The first-order chi connectivity index (χ1) is 16.3. The molecular formula is C23H27FN4O5S. The molecule has 2 aliphatic heterocycles. The quantitative estimate of drug-likeness (QED) is 0.596. The summed E-state index contributed by atoms with van der Waals surface area (Å²) >= 11 is 0. The number of nitrogens with two attached hydrogens (primary N) is 1. The minimum atomic E-state index is -4.18. The van der Waals surface area contributed by atoms with Crippen LogP contribution in [0.5, 0.6) is 0 Å². The highest BCUT2D eigenvalue weighted by Crippen LogP contribution is 2.27. The largest absolute Gasteiger partial charge is 0.368 e. The normalized spacial score (nSPS) is 21.1. The highest BCUT2D eigenvalue weighted by molar-refractivity contribution is 7.89. The molecule has 2 aliphatic rings. The van der Waals surface area contributed by atoms with Gasteiger partial charge in [0, 0.05) is 32.8 Å². The van der Waals surface area contributed by atoms with Gasteiger partial charge in [0.25, 0.3) is 11.8 Å². The van der Waals surface area contributed by atoms with E-state index in [0.717, 1.165) is 46.1 Å². The molecule has 0 spiro atoms. The second-order valence-corrected chi connectivity index (χ2v) is 10.1. The molecule has 2 aromatic carbocycles. The summed E-state index contributed by atoms with van der Waals surface area (Å²) in [6, 6.07) is 11.7. The van der Waals surface area contributed by atoms with Crippen LogP contribution in [-0.4, -0.2) is 61.4 Å². The molecule has 2 amide bonds. The second kappa shape index (κ2) is 10.2. The van der Waals surface area contributed by atoms with Crippen molar-refractivity contribution in [3.05, 3.63) is 65.5 Å². The summed E-state index contributed by atoms with van der Waals surface area (Å²) in [7, 11) is -4.18. The lowest BCUT2D eigenvalue weighted by atomic mass is 10.1. The number of amides is 2. The molecule has 2 heterocycles. The lowest BCUT2D eigenvalue weighted by Gasteiger charge is -2.30. The molecule has 3 N–H and O–H groups in total. The number of rotatable bonds is 7. The Labute approximate surface area is 197 Å². The highest BCUT2D eigenvalue weighted by atomic mass is 32.2. The van der Waals surface area contributed by atoms with Crippen LogP contribution in [0.2, 0.25) is 0 Å². The summed E-state index contributed by atoms with van der Waals surface area (Å²) in [5.41, 5.74) is 7.36. The molecule has 0 aromatic heterocycles. The Hall–Kier alpha value is -2.86. The van der Waals surface area contributed by atoms with Crippen LogP contribution < -0.4 is 11.1 Å². The average molecular weight is 491 g/mol. The fourth-order valence-electron chi connectivity index (χ4n) is 4.21. The number of hydrogen-bond acceptors (Lipinski definition) is 6. The van der Waals surface area contributed by atoms with E-state index < -0.39 is 39.9 Å². The highest BCUT2D eigenvalue weighted by Gasteiger charge is 2.48. The van der Waals surface area contributed by atoms with E-state index in [1.165, 1.54) is 4.90 Å². The Balaban J connectivity index is 1.60. The first-order valence-electron chi connectivity index (χ1n) is 11.1. The zero-order chi connectivity index (χ0) is 24.3. The molecule has 11 heteroatoms. The van der Waals surface area contributed by atoms with Crippen LogP contribution in [0.1, 0.15) is 24.0 Å². The maximum Gasteiger partial charge on any atom is 0.259 e. The lowest BCUT2D eigenvalue weighted by Crippen LogP contribution is -2.55. The van der Waals surface area contributed by atoms with Crippen LogP contribution in [-0.2, 0) is 37.4 Å². The first kappa shape index (κ1) is 24.3. The van der Waals surface area contributed by atoms with Crippen molar-refractivity contribution in [2.45, 2.75) is 43.1 Å². The van der Waals surface area contributed by atoms with Crippen LogP contribution in [0.15, 0.2) is 53.4 Å². The zero-order valence-corrected chi connectivity index (χ0v) is 19.3. The molecular weight excluding hydrogens is 463 g/mol. The van der Waals surface area contributed by atoms with Crippen LogP contribution in [0, 0.1) is 5.82 Å². The molecule has 0 radical (unpaired) electrons. The first-order valence-corrected chi connectivity index (χ1v) is 12.5. The van der Waals surface area contributed by atoms with E-state index in [1.54, 1.807) is 0 Å². The summed E-state index contributed by atoms with van der Waals surface area (Å²) < 4.78 is 46.5. The zero-order valence-electron chi connectivity index (χ0n) is 18.5. The van der Waals surface area contributed by atoms with Crippen LogP contribution in [0.25, 0.3) is 0 Å². The van der Waals surface area contributed by atoms with E-state index in [4.69, 9.17) is 10.5 Å². The third-order valence-electron chi connectivity index (χ3n) is 5.97. The number of halogens is 1. The Bertz CT molecular complexity index is 1150. The molecule has 0 bridgehead atoms. The predicted molar refractivity (Wildman–Crippen MR) is 121 cm³/mol. The maximum absolute atomic E-state index is 13.4. The molecule has 9 nitrogen and oxygen atoms in total. The van der Waals surface area contributed by atoms with Crippen LogP contribution >= 0.6 is 0 Å². The SMILES string of the molecule is NCc1cccc(CNC(=O)C2N(C(=O)C3CCCO3)CCN2S(=O)(=O)c2ccc(F)cc2)c1. The summed E-state index contributed by atoms with van der Waals surface area (Å²) in [5.74, 6) is -1.63. The minimum Gasteiger partial charge on any atom is -0.368 e. The van der Waals surface area contributed by atoms with Gasteiger partial charge in [-0.15, -0.1) is 0 Å². The van der Waals surface area contributed by atoms with Crippen molar-refractivity contribution in [2.24, 2.45) is 5.73 Å². The molecule has 2 atom stereocenters. The van der Waals surface area contributed by atoms with Gasteiger partial charge in [-0.05, 0) is 48.2 Å². The van der Waals surface area contributed by atoms with Gasteiger partial charge in [0.1, 0.15) is 11.9 Å². The number of nitrogens with one attached hydrogen (secondary N) is 1. The standard InChI is InChI=1S/C23H27FN4O5S/c24-18-6-8-19(9-7-18)34(31,32)28-11-10-27(23(30)20-5-2-12-33-20)22(28)21(29)26-15-17-4-1-3-16(13-17)14-25/h1,3-4,6-9,13,20,22H,2,5,10-12,14-15,25H2,(H,26,29). The predicted octanol–water partition coefficient (Wildman–Crippen LogP) is 0.939. The Morgan fingerprint density at radius 1 is 1.12 bits per heavy atom. The van der Waals surface area contributed by atoms with Crippen molar-refractivity contribution in [1.82, 2.24) is 14.5 Å². The average Bonchev–Trinajstić information content (AvgIpc) is 3.53. The summed E-state index contributed by atoms with van der Waals surface area (Å²) in [6.07, 6.45) is -0.856. The Kier molecular flexibility index (Phi) is 7.27. The number of ether oxygens (including phenoxy) is 1. The van der Waals surface area contributed by atoms with Gasteiger partial charge in [-0.1, -0.05) is 24.3 Å². The topological polar surface area (TPSA) is 122 Å². The van der Waals surface area contributed by atoms with E-state index in [-0.39, 0.29) is 24.5 Å². The maximum atomic E-state index is 13.4. The van der Waals surface area contributed by atoms with E-state index in [1.807, 2.05) is 24.3 Å². The van der Waals surface area contributed by atoms with Gasteiger partial charge in [0.15, 0.2) is 6.17 Å². The van der Waals surface area contributed by atoms with Gasteiger partial charge in [-0.2, -0.15) is 4.31 Å². The number of nitrogens with zero attached hydrogens (tertiary/aromatic N) is 2. The van der Waals surface area contributed by atoms with Crippen LogP contribution in [0.3, 0.4) is 0 Å². The van der Waals surface area contributed by atoms with Gasteiger partial charge in [-0.3, -0.25) is 9.59 Å². The van der Waals surface area contributed by atoms with Gasteiger partial charge in [0.2, 0.25) is 10.0 Å². The summed E-state index contributed by atoms with van der Waals surface area (Å²) in [4.78, 5) is 27.5. The van der Waals surface area contributed by atoms with Gasteiger partial charge in [0.05, 0.1) is 4.90 Å². The van der Waals surface area contributed by atoms with Crippen molar-refractivity contribution in [3.8, 4) is 0 Å². The van der Waals surface area contributed by atoms with Crippen molar-refractivity contribution in [3.63, 3.8) is 0 Å². The van der Waals surface area contributed by atoms with Crippen molar-refractivity contribution in [1.29, 1.82) is 0 Å². The smallest absolute Gasteiger partial charge is 0.259 e. The number of carbonyl (C=O) groups excluding carboxylic acids is 2. The number of sulfonamides is 1. The number of hydrogen-bond donors (Lipinski definition) is 2. The Morgan fingerprint density at radius 3 is 2.53 bits per heavy atom. The monoisotopic (exact) mass is 490 g/mol. The molecule has 2 aromatic rings. The molecule has 4 rings (SSSR count). The van der Waals surface area contributed by atoms with E-state index >= 15 is 0 Å². The lowest BCUT2D eigenvalue weighted by molar-refractivity contribution is -0.147. The van der Waals surface area contributed by atoms with E-state index in [0.29, 0.717) is 19.6 Å². The van der Waals surface area contributed by atoms with Crippen molar-refractivity contribution in [2.75, 3.05) is 19.7 Å². The fourth-order valence-corrected chi connectivity index (χ4v) is 5.75. The van der Waals surface area contributed by atoms with Gasteiger partial charge in [-0.25, -0.2) is 12.8 Å². The molecule has 0 aliphatic carbocycles. The summed E-state index contributed by atoms with van der Waals surface area (Å²) in [6.45, 7) is 0.891. The molecule has 2 fully saturated rings. The van der Waals surface area contributed by atoms with Gasteiger partial charge >= 0.3 is 0 Å². The Morgan fingerprint density at radius 2 is 1.85 bits per heavy atom. The number of benzene rings is 2. The van der Waals surface area contributed by atoms with Gasteiger partial charge < -0.3 is 20.7 Å². The minimum absolute atomic E-state index is 0.0415. The van der Waals surface area contributed by atoms with E-state index in [9.17, 15) is 22.4 Å². The molecule has 2 saturated heterocycles. The molecule has 34 heavy (non-hydrogen) atoms. The summed E-state index contributed by atoms with van der Waals surface area (Å²) in [5, 5.41) is 2.75. The van der Waals surface area contributed by atoms with Crippen molar-refractivity contribution >= 4 is 21.8 Å². The molecule has 182 valence electrons. The third-order valence-corrected chi connectivity index (χ3v) is 7.83. The fraction of sp³-hybridized carbons (Fsp3) is 0.391. The second-order valence-electron chi connectivity index (χ2n) is 8.22. The number of carbonyl (C=O) groups is 2. The molecule has 2 unspecified atom stereocenters. The molecule has 0 saturated carbocycles. The van der Waals surface area contributed by atoms with E-state index in [2.05, 4.69) is 5.32 Å². The third kappa shape index (κ3) is 4.97. The van der Waals surface area contributed by atoms with Crippen molar-refractivity contribution < 1.29 is 27.1 Å².